The Morgan fingerprint density at radius 2 is 1.79 bits per heavy atom. The minimum atomic E-state index is 0.672. The number of rotatable bonds is 5. The summed E-state index contributed by atoms with van der Waals surface area (Å²) in [4.78, 5) is 8.21. The summed E-state index contributed by atoms with van der Waals surface area (Å²) in [5, 5.41) is 6.13. The van der Waals surface area contributed by atoms with Crippen molar-refractivity contribution in [3.8, 4) is 11.5 Å². The molecule has 1 aromatic carbocycles. The molecule has 1 heterocycles. The minimum absolute atomic E-state index is 0.672. The lowest BCUT2D eigenvalue weighted by Crippen LogP contribution is -2.00. The maximum absolute atomic E-state index is 5.30. The first kappa shape index (κ1) is 12.9. The van der Waals surface area contributed by atoms with Gasteiger partial charge in [-0.2, -0.15) is 0 Å². The topological polar surface area (TPSA) is 68.3 Å². The Morgan fingerprint density at radius 1 is 1.00 bits per heavy atom. The van der Waals surface area contributed by atoms with Gasteiger partial charge >= 0.3 is 0 Å². The molecule has 0 spiro atoms. The van der Waals surface area contributed by atoms with Crippen LogP contribution in [0.15, 0.2) is 30.6 Å². The Morgan fingerprint density at radius 3 is 2.47 bits per heavy atom. The summed E-state index contributed by atoms with van der Waals surface area (Å²) in [6.07, 6.45) is 1.49. The van der Waals surface area contributed by atoms with E-state index in [0.29, 0.717) is 11.6 Å². The lowest BCUT2D eigenvalue weighted by atomic mass is 10.2. The molecule has 0 saturated carbocycles. The molecule has 6 heteroatoms. The molecule has 0 saturated heterocycles. The van der Waals surface area contributed by atoms with Gasteiger partial charge in [0.15, 0.2) is 0 Å². The Kier molecular flexibility index (Phi) is 4.02. The molecule has 0 aliphatic rings. The van der Waals surface area contributed by atoms with Crippen LogP contribution in [0.25, 0.3) is 0 Å². The Hall–Kier alpha value is -2.50. The summed E-state index contributed by atoms with van der Waals surface area (Å²) in [6.45, 7) is 0. The third-order valence-corrected chi connectivity index (χ3v) is 2.59. The van der Waals surface area contributed by atoms with Gasteiger partial charge in [-0.15, -0.1) is 0 Å². The molecule has 0 aliphatic heterocycles. The fraction of sp³-hybridized carbons (Fsp3) is 0.231. The van der Waals surface area contributed by atoms with E-state index in [4.69, 9.17) is 9.47 Å². The highest BCUT2D eigenvalue weighted by atomic mass is 16.5. The molecule has 0 amide bonds. The van der Waals surface area contributed by atoms with Crippen LogP contribution < -0.4 is 20.1 Å². The van der Waals surface area contributed by atoms with Gasteiger partial charge < -0.3 is 20.1 Å². The van der Waals surface area contributed by atoms with Crippen LogP contribution in [0.2, 0.25) is 0 Å². The van der Waals surface area contributed by atoms with E-state index in [-0.39, 0.29) is 0 Å². The lowest BCUT2D eigenvalue weighted by molar-refractivity contribution is 0.405. The summed E-state index contributed by atoms with van der Waals surface area (Å²) in [7, 11) is 5.04. The number of ether oxygens (including phenoxy) is 2. The Balaban J connectivity index is 2.30. The smallest absolute Gasteiger partial charge is 0.142 e. The molecule has 2 aromatic rings. The van der Waals surface area contributed by atoms with Gasteiger partial charge in [-0.05, 0) is 12.1 Å². The van der Waals surface area contributed by atoms with E-state index in [0.717, 1.165) is 17.3 Å². The molecule has 100 valence electrons. The van der Waals surface area contributed by atoms with Crippen LogP contribution in [0.4, 0.5) is 17.3 Å². The van der Waals surface area contributed by atoms with Gasteiger partial charge in [0.25, 0.3) is 0 Å². The van der Waals surface area contributed by atoms with Crippen molar-refractivity contribution in [3.05, 3.63) is 30.6 Å². The minimum Gasteiger partial charge on any atom is -0.497 e. The maximum atomic E-state index is 5.30. The molecule has 0 fully saturated rings. The van der Waals surface area contributed by atoms with Crippen molar-refractivity contribution in [1.29, 1.82) is 0 Å². The van der Waals surface area contributed by atoms with Crippen molar-refractivity contribution >= 4 is 17.3 Å². The van der Waals surface area contributed by atoms with Crippen molar-refractivity contribution in [1.82, 2.24) is 9.97 Å². The number of nitrogens with one attached hydrogen (secondary N) is 2. The SMILES string of the molecule is CNc1cc(Nc2cc(OC)ccc2OC)ncn1. The molecule has 0 bridgehead atoms. The number of aromatic nitrogens is 2. The van der Waals surface area contributed by atoms with Gasteiger partial charge in [0, 0.05) is 19.2 Å². The Labute approximate surface area is 111 Å². The summed E-state index contributed by atoms with van der Waals surface area (Å²) >= 11 is 0. The number of hydrogen-bond donors (Lipinski definition) is 2. The molecule has 0 unspecified atom stereocenters. The van der Waals surface area contributed by atoms with E-state index >= 15 is 0 Å². The largest absolute Gasteiger partial charge is 0.497 e. The van der Waals surface area contributed by atoms with Gasteiger partial charge in [0.05, 0.1) is 19.9 Å². The Bertz CT molecular complexity index is 560. The fourth-order valence-corrected chi connectivity index (χ4v) is 1.61. The van der Waals surface area contributed by atoms with Crippen LogP contribution in [-0.4, -0.2) is 31.2 Å². The molecular weight excluding hydrogens is 244 g/mol. The molecule has 6 nitrogen and oxygen atoms in total. The maximum Gasteiger partial charge on any atom is 0.142 e. The van der Waals surface area contributed by atoms with Crippen LogP contribution in [0.1, 0.15) is 0 Å². The van der Waals surface area contributed by atoms with Crippen LogP contribution in [0, 0.1) is 0 Å². The summed E-state index contributed by atoms with van der Waals surface area (Å²) < 4.78 is 10.5. The van der Waals surface area contributed by atoms with Crippen LogP contribution >= 0.6 is 0 Å². The highest BCUT2D eigenvalue weighted by Crippen LogP contribution is 2.31. The van der Waals surface area contributed by atoms with E-state index in [9.17, 15) is 0 Å². The van der Waals surface area contributed by atoms with Gasteiger partial charge in [0.2, 0.25) is 0 Å². The van der Waals surface area contributed by atoms with E-state index < -0.39 is 0 Å². The zero-order valence-electron chi connectivity index (χ0n) is 11.1. The zero-order valence-corrected chi connectivity index (χ0v) is 11.1. The van der Waals surface area contributed by atoms with Crippen molar-refractivity contribution in [2.75, 3.05) is 31.9 Å². The van der Waals surface area contributed by atoms with E-state index in [1.807, 2.05) is 18.2 Å². The molecule has 2 N–H and O–H groups in total. The molecule has 1 aromatic heterocycles. The second-order valence-corrected chi connectivity index (χ2v) is 3.73. The predicted molar refractivity (Wildman–Crippen MR) is 74.4 cm³/mol. The number of hydrogen-bond acceptors (Lipinski definition) is 6. The van der Waals surface area contributed by atoms with Gasteiger partial charge in [-0.3, -0.25) is 0 Å². The van der Waals surface area contributed by atoms with Gasteiger partial charge in [0.1, 0.15) is 29.5 Å². The summed E-state index contributed by atoms with van der Waals surface area (Å²) in [5.41, 5.74) is 0.780. The van der Waals surface area contributed by atoms with Crippen LogP contribution in [0.5, 0.6) is 11.5 Å². The van der Waals surface area contributed by atoms with Crippen LogP contribution in [-0.2, 0) is 0 Å². The normalized spacial score (nSPS) is 9.84. The number of methoxy groups -OCH3 is 2. The molecule has 19 heavy (non-hydrogen) atoms. The highest BCUT2D eigenvalue weighted by molar-refractivity contribution is 5.67. The van der Waals surface area contributed by atoms with Crippen molar-refractivity contribution in [2.45, 2.75) is 0 Å². The summed E-state index contributed by atoms with van der Waals surface area (Å²) in [6, 6.07) is 7.32. The fourth-order valence-electron chi connectivity index (χ4n) is 1.61. The van der Waals surface area contributed by atoms with Crippen molar-refractivity contribution in [2.24, 2.45) is 0 Å². The molecule has 0 radical (unpaired) electrons. The first-order chi connectivity index (χ1) is 9.26. The van der Waals surface area contributed by atoms with E-state index in [1.54, 1.807) is 27.3 Å². The standard InChI is InChI=1S/C13H16N4O2/c1-14-12-7-13(16-8-15-12)17-10-6-9(18-2)4-5-11(10)19-3/h4-8H,1-3H3,(H2,14,15,16,17). The highest BCUT2D eigenvalue weighted by Gasteiger charge is 2.06. The lowest BCUT2D eigenvalue weighted by Gasteiger charge is -2.12. The monoisotopic (exact) mass is 260 g/mol. The quantitative estimate of drug-likeness (QED) is 0.859. The average molecular weight is 260 g/mol. The van der Waals surface area contributed by atoms with Crippen LogP contribution in [0.3, 0.4) is 0 Å². The second-order valence-electron chi connectivity index (χ2n) is 3.73. The number of nitrogens with zero attached hydrogens (tertiary/aromatic N) is 2. The van der Waals surface area contributed by atoms with E-state index in [1.165, 1.54) is 6.33 Å². The van der Waals surface area contributed by atoms with Gasteiger partial charge in [-0.25, -0.2) is 9.97 Å². The first-order valence-corrected chi connectivity index (χ1v) is 5.75. The number of anilines is 3. The van der Waals surface area contributed by atoms with Crippen molar-refractivity contribution in [3.63, 3.8) is 0 Å². The molecular formula is C13H16N4O2. The summed E-state index contributed by atoms with van der Waals surface area (Å²) in [5.74, 6) is 2.86. The molecule has 2 rings (SSSR count). The first-order valence-electron chi connectivity index (χ1n) is 5.75. The van der Waals surface area contributed by atoms with Gasteiger partial charge in [-0.1, -0.05) is 0 Å². The third-order valence-electron chi connectivity index (χ3n) is 2.59. The third kappa shape index (κ3) is 3.04. The predicted octanol–water partition coefficient (Wildman–Crippen LogP) is 2.28. The van der Waals surface area contributed by atoms with E-state index in [2.05, 4.69) is 20.6 Å². The number of benzene rings is 1. The average Bonchev–Trinajstić information content (AvgIpc) is 2.47. The molecule has 0 atom stereocenters. The zero-order chi connectivity index (χ0) is 13.7. The molecule has 0 aliphatic carbocycles. The van der Waals surface area contributed by atoms with Crippen molar-refractivity contribution < 1.29 is 9.47 Å². The second kappa shape index (κ2) is 5.90.